The quantitative estimate of drug-likeness (QED) is 0.863. The van der Waals surface area contributed by atoms with Gasteiger partial charge in [-0.2, -0.15) is 5.26 Å². The molecule has 23 heavy (non-hydrogen) atoms. The van der Waals surface area contributed by atoms with E-state index in [1.807, 2.05) is 13.0 Å². The molecule has 1 aromatic heterocycles. The maximum absolute atomic E-state index is 11.9. The standard InChI is InChI=1S/C18H17N3O2/c1-2-11-21-13-16(8-10-18(21)23)20-17(22)9-7-14-3-5-15(12-19)6-4-14/h3-10,13H,2,11H2,1H3,(H,20,22)/b9-7-. The number of anilines is 1. The van der Waals surface area contributed by atoms with Gasteiger partial charge in [-0.05, 0) is 36.3 Å². The smallest absolute Gasteiger partial charge is 0.250 e. The summed E-state index contributed by atoms with van der Waals surface area (Å²) in [7, 11) is 0. The van der Waals surface area contributed by atoms with Crippen molar-refractivity contribution in [2.24, 2.45) is 0 Å². The Hall–Kier alpha value is -3.13. The number of carbonyl (C=O) groups excluding carboxylic acids is 1. The van der Waals surface area contributed by atoms with Gasteiger partial charge in [-0.15, -0.1) is 0 Å². The van der Waals surface area contributed by atoms with Crippen molar-refractivity contribution < 1.29 is 4.79 Å². The van der Waals surface area contributed by atoms with E-state index in [9.17, 15) is 9.59 Å². The molecule has 0 bridgehead atoms. The van der Waals surface area contributed by atoms with Crippen molar-refractivity contribution in [2.75, 3.05) is 5.32 Å². The fourth-order valence-corrected chi connectivity index (χ4v) is 2.05. The summed E-state index contributed by atoms with van der Waals surface area (Å²) in [5.41, 5.74) is 1.89. The van der Waals surface area contributed by atoms with Crippen LogP contribution in [0.3, 0.4) is 0 Å². The highest BCUT2D eigenvalue weighted by Gasteiger charge is 2.01. The van der Waals surface area contributed by atoms with Crippen LogP contribution >= 0.6 is 0 Å². The molecule has 5 nitrogen and oxygen atoms in total. The predicted octanol–water partition coefficient (Wildman–Crippen LogP) is 2.78. The van der Waals surface area contributed by atoms with E-state index in [-0.39, 0.29) is 11.5 Å². The maximum atomic E-state index is 11.9. The molecule has 0 radical (unpaired) electrons. The van der Waals surface area contributed by atoms with Crippen LogP contribution in [0, 0.1) is 11.3 Å². The molecule has 116 valence electrons. The van der Waals surface area contributed by atoms with Gasteiger partial charge in [-0.1, -0.05) is 19.1 Å². The third kappa shape index (κ3) is 4.68. The lowest BCUT2D eigenvalue weighted by molar-refractivity contribution is -0.111. The number of pyridine rings is 1. The van der Waals surface area contributed by atoms with Crippen molar-refractivity contribution >= 4 is 17.7 Å². The van der Waals surface area contributed by atoms with Gasteiger partial charge in [0.05, 0.1) is 17.3 Å². The van der Waals surface area contributed by atoms with Crippen molar-refractivity contribution in [2.45, 2.75) is 19.9 Å². The molecule has 1 heterocycles. The first-order chi connectivity index (χ1) is 11.1. The van der Waals surface area contributed by atoms with Gasteiger partial charge in [0.2, 0.25) is 5.91 Å². The van der Waals surface area contributed by atoms with Gasteiger partial charge in [-0.3, -0.25) is 9.59 Å². The van der Waals surface area contributed by atoms with Crippen LogP contribution in [-0.4, -0.2) is 10.5 Å². The molecule has 0 fully saturated rings. The van der Waals surface area contributed by atoms with Gasteiger partial charge in [-0.25, -0.2) is 0 Å². The summed E-state index contributed by atoms with van der Waals surface area (Å²) in [4.78, 5) is 23.5. The van der Waals surface area contributed by atoms with Gasteiger partial charge >= 0.3 is 0 Å². The molecule has 5 heteroatoms. The highest BCUT2D eigenvalue weighted by molar-refractivity contribution is 6.01. The largest absolute Gasteiger partial charge is 0.321 e. The topological polar surface area (TPSA) is 74.9 Å². The van der Waals surface area contributed by atoms with Gasteiger partial charge in [0.15, 0.2) is 0 Å². The van der Waals surface area contributed by atoms with Crippen LogP contribution in [0.15, 0.2) is 53.5 Å². The van der Waals surface area contributed by atoms with Crippen molar-refractivity contribution in [3.63, 3.8) is 0 Å². The Morgan fingerprint density at radius 3 is 2.65 bits per heavy atom. The lowest BCUT2D eigenvalue weighted by Gasteiger charge is -2.07. The molecular formula is C18H17N3O2. The van der Waals surface area contributed by atoms with Crippen LogP contribution in [0.1, 0.15) is 24.5 Å². The van der Waals surface area contributed by atoms with Crippen LogP contribution in [-0.2, 0) is 11.3 Å². The normalized spacial score (nSPS) is 10.4. The fraction of sp³-hybridized carbons (Fsp3) is 0.167. The van der Waals surface area contributed by atoms with Crippen LogP contribution < -0.4 is 10.9 Å². The number of nitrogens with zero attached hydrogens (tertiary/aromatic N) is 2. The molecule has 0 atom stereocenters. The molecule has 1 N–H and O–H groups in total. The molecule has 0 aliphatic heterocycles. The van der Waals surface area contributed by atoms with Crippen LogP contribution in [0.2, 0.25) is 0 Å². The van der Waals surface area contributed by atoms with E-state index in [4.69, 9.17) is 5.26 Å². The third-order valence-corrected chi connectivity index (χ3v) is 3.18. The van der Waals surface area contributed by atoms with E-state index < -0.39 is 0 Å². The van der Waals surface area contributed by atoms with Gasteiger partial charge in [0.1, 0.15) is 0 Å². The summed E-state index contributed by atoms with van der Waals surface area (Å²) in [5, 5.41) is 11.5. The number of aryl methyl sites for hydroxylation is 1. The van der Waals surface area contributed by atoms with Gasteiger partial charge in [0, 0.05) is 24.9 Å². The molecule has 0 unspecified atom stereocenters. The molecular weight excluding hydrogens is 290 g/mol. The number of carbonyl (C=O) groups is 1. The van der Waals surface area contributed by atoms with Gasteiger partial charge in [0.25, 0.3) is 5.56 Å². The Kier molecular flexibility index (Phi) is 5.48. The number of aromatic nitrogens is 1. The first-order valence-corrected chi connectivity index (χ1v) is 7.32. The van der Waals surface area contributed by atoms with Crippen LogP contribution in [0.25, 0.3) is 6.08 Å². The van der Waals surface area contributed by atoms with E-state index >= 15 is 0 Å². The molecule has 0 saturated heterocycles. The maximum Gasteiger partial charge on any atom is 0.250 e. The fourth-order valence-electron chi connectivity index (χ4n) is 2.05. The summed E-state index contributed by atoms with van der Waals surface area (Å²) >= 11 is 0. The average Bonchev–Trinajstić information content (AvgIpc) is 2.57. The zero-order valence-electron chi connectivity index (χ0n) is 12.8. The van der Waals surface area contributed by atoms with E-state index in [0.29, 0.717) is 17.8 Å². The highest BCUT2D eigenvalue weighted by atomic mass is 16.1. The highest BCUT2D eigenvalue weighted by Crippen LogP contribution is 2.07. The van der Waals surface area contributed by atoms with E-state index in [1.54, 1.807) is 47.2 Å². The summed E-state index contributed by atoms with van der Waals surface area (Å²) in [5.74, 6) is -0.281. The summed E-state index contributed by atoms with van der Waals surface area (Å²) in [6.45, 7) is 2.60. The van der Waals surface area contributed by atoms with Crippen molar-refractivity contribution in [3.8, 4) is 6.07 Å². The lowest BCUT2D eigenvalue weighted by Crippen LogP contribution is -2.19. The van der Waals surface area contributed by atoms with Crippen LogP contribution in [0.5, 0.6) is 0 Å². The van der Waals surface area contributed by atoms with E-state index in [0.717, 1.165) is 12.0 Å². The first kappa shape index (κ1) is 16.2. The summed E-state index contributed by atoms with van der Waals surface area (Å²) in [6.07, 6.45) is 5.56. The van der Waals surface area contributed by atoms with Crippen molar-refractivity contribution in [1.82, 2.24) is 4.57 Å². The molecule has 1 aromatic carbocycles. The first-order valence-electron chi connectivity index (χ1n) is 7.32. The Balaban J connectivity index is 2.04. The second-order valence-electron chi connectivity index (χ2n) is 5.01. The monoisotopic (exact) mass is 307 g/mol. The van der Waals surface area contributed by atoms with E-state index in [2.05, 4.69) is 5.32 Å². The number of amides is 1. The number of hydrogen-bond donors (Lipinski definition) is 1. The second-order valence-corrected chi connectivity index (χ2v) is 5.01. The molecule has 0 saturated carbocycles. The van der Waals surface area contributed by atoms with Gasteiger partial charge < -0.3 is 9.88 Å². The minimum absolute atomic E-state index is 0.0852. The summed E-state index contributed by atoms with van der Waals surface area (Å²) in [6, 6.07) is 12.0. The van der Waals surface area contributed by atoms with Crippen LogP contribution in [0.4, 0.5) is 5.69 Å². The molecule has 0 spiro atoms. The zero-order chi connectivity index (χ0) is 16.7. The number of rotatable bonds is 5. The Morgan fingerprint density at radius 1 is 1.26 bits per heavy atom. The average molecular weight is 307 g/mol. The summed E-state index contributed by atoms with van der Waals surface area (Å²) < 4.78 is 1.57. The SMILES string of the molecule is CCCn1cc(NC(=O)/C=C\c2ccc(C#N)cc2)ccc1=O. The molecule has 1 amide bonds. The molecule has 2 aromatic rings. The predicted molar refractivity (Wildman–Crippen MR) is 89.8 cm³/mol. The molecule has 0 aliphatic rings. The minimum atomic E-state index is -0.281. The lowest BCUT2D eigenvalue weighted by atomic mass is 10.1. The second kappa shape index (κ2) is 7.76. The van der Waals surface area contributed by atoms with Crippen molar-refractivity contribution in [1.29, 1.82) is 5.26 Å². The number of hydrogen-bond acceptors (Lipinski definition) is 3. The van der Waals surface area contributed by atoms with Crippen molar-refractivity contribution in [3.05, 3.63) is 70.2 Å². The third-order valence-electron chi connectivity index (χ3n) is 3.18. The Bertz CT molecular complexity index is 811. The Morgan fingerprint density at radius 2 is 2.00 bits per heavy atom. The molecule has 2 rings (SSSR count). The number of nitriles is 1. The van der Waals surface area contributed by atoms with E-state index in [1.165, 1.54) is 12.1 Å². The number of nitrogens with one attached hydrogen (secondary N) is 1. The molecule has 0 aliphatic carbocycles. The minimum Gasteiger partial charge on any atom is -0.321 e. The zero-order valence-corrected chi connectivity index (χ0v) is 12.8. The Labute approximate surface area is 134 Å². The number of benzene rings is 1.